The van der Waals surface area contributed by atoms with E-state index in [0.29, 0.717) is 6.54 Å². The van der Waals surface area contributed by atoms with E-state index in [1.165, 1.54) is 6.42 Å². The molecule has 0 unspecified atom stereocenters. The van der Waals surface area contributed by atoms with Gasteiger partial charge >= 0.3 is 6.09 Å². The van der Waals surface area contributed by atoms with Crippen molar-refractivity contribution in [3.05, 3.63) is 12.7 Å². The average Bonchev–Trinajstić information content (AvgIpc) is 1.99. The normalized spacial score (nSPS) is 9.50. The fourth-order valence-corrected chi connectivity index (χ4v) is 0.470. The third kappa shape index (κ3) is 17.2. The van der Waals surface area contributed by atoms with E-state index in [1.54, 1.807) is 6.08 Å². The number of hydrogen-bond donors (Lipinski definition) is 1. The van der Waals surface area contributed by atoms with Gasteiger partial charge in [-0.15, -0.1) is 6.58 Å². The first-order chi connectivity index (χ1) is 6.37. The maximum absolute atomic E-state index is 10.8. The summed E-state index contributed by atoms with van der Waals surface area (Å²) in [5.41, 5.74) is -0.425. The Balaban J connectivity index is 0. The van der Waals surface area contributed by atoms with E-state index in [2.05, 4.69) is 25.7 Å². The molecule has 0 aromatic heterocycles. The van der Waals surface area contributed by atoms with E-state index in [0.717, 1.165) is 0 Å². The Morgan fingerprint density at radius 2 is 1.86 bits per heavy atom. The van der Waals surface area contributed by atoms with Gasteiger partial charge in [0.1, 0.15) is 5.60 Å². The van der Waals surface area contributed by atoms with Crippen LogP contribution in [0.3, 0.4) is 0 Å². The molecule has 0 atom stereocenters. The fraction of sp³-hybridized carbons (Fsp3) is 0.727. The molecular formula is C11H23NO2. The zero-order chi connectivity index (χ0) is 11.6. The van der Waals surface area contributed by atoms with Crippen molar-refractivity contribution in [1.82, 2.24) is 5.32 Å². The van der Waals surface area contributed by atoms with Gasteiger partial charge in [-0.2, -0.15) is 0 Å². The van der Waals surface area contributed by atoms with Gasteiger partial charge in [0, 0.05) is 6.54 Å². The molecule has 0 spiro atoms. The van der Waals surface area contributed by atoms with Crippen molar-refractivity contribution in [2.75, 3.05) is 6.54 Å². The van der Waals surface area contributed by atoms with Gasteiger partial charge in [0.05, 0.1) is 0 Å². The van der Waals surface area contributed by atoms with E-state index < -0.39 is 11.7 Å². The number of amides is 1. The Morgan fingerprint density at radius 1 is 1.43 bits per heavy atom. The zero-order valence-electron chi connectivity index (χ0n) is 10.0. The molecule has 0 radical (unpaired) electrons. The molecule has 1 N–H and O–H groups in total. The SMILES string of the molecule is C=CCNC(=O)OC(C)(C)C.CCC. The molecule has 0 bridgehead atoms. The lowest BCUT2D eigenvalue weighted by molar-refractivity contribution is 0.0534. The molecule has 0 aliphatic rings. The van der Waals surface area contributed by atoms with E-state index in [1.807, 2.05) is 20.8 Å². The second kappa shape index (κ2) is 8.60. The van der Waals surface area contributed by atoms with Crippen molar-refractivity contribution in [1.29, 1.82) is 0 Å². The van der Waals surface area contributed by atoms with Crippen LogP contribution in [-0.2, 0) is 4.74 Å². The molecular weight excluding hydrogens is 178 g/mol. The summed E-state index contributed by atoms with van der Waals surface area (Å²) in [6.07, 6.45) is 2.45. The topological polar surface area (TPSA) is 38.3 Å². The molecule has 3 heteroatoms. The summed E-state index contributed by atoms with van der Waals surface area (Å²) in [6, 6.07) is 0. The van der Waals surface area contributed by atoms with Gasteiger partial charge in [0.25, 0.3) is 0 Å². The van der Waals surface area contributed by atoms with Gasteiger partial charge < -0.3 is 10.1 Å². The lowest BCUT2D eigenvalue weighted by Crippen LogP contribution is -2.32. The first-order valence-corrected chi connectivity index (χ1v) is 4.95. The smallest absolute Gasteiger partial charge is 0.407 e. The van der Waals surface area contributed by atoms with E-state index in [-0.39, 0.29) is 0 Å². The lowest BCUT2D eigenvalue weighted by atomic mass is 10.2. The van der Waals surface area contributed by atoms with Crippen LogP contribution < -0.4 is 5.32 Å². The van der Waals surface area contributed by atoms with Crippen LogP contribution in [0, 0.1) is 0 Å². The molecule has 0 aliphatic heterocycles. The number of carbonyl (C=O) groups excluding carboxylic acids is 1. The van der Waals surface area contributed by atoms with Crippen LogP contribution in [-0.4, -0.2) is 18.2 Å². The number of alkyl carbamates (subject to hydrolysis) is 1. The van der Waals surface area contributed by atoms with E-state index >= 15 is 0 Å². The highest BCUT2D eigenvalue weighted by Crippen LogP contribution is 2.05. The van der Waals surface area contributed by atoms with Crippen molar-refractivity contribution >= 4 is 6.09 Å². The summed E-state index contributed by atoms with van der Waals surface area (Å²) in [5, 5.41) is 2.51. The maximum atomic E-state index is 10.8. The molecule has 0 aromatic rings. The van der Waals surface area contributed by atoms with Gasteiger partial charge in [-0.25, -0.2) is 4.79 Å². The lowest BCUT2D eigenvalue weighted by Gasteiger charge is -2.19. The summed E-state index contributed by atoms with van der Waals surface area (Å²) in [7, 11) is 0. The second-order valence-corrected chi connectivity index (χ2v) is 3.88. The second-order valence-electron chi connectivity index (χ2n) is 3.88. The molecule has 0 saturated heterocycles. The van der Waals surface area contributed by atoms with Crippen molar-refractivity contribution in [2.45, 2.75) is 46.6 Å². The maximum Gasteiger partial charge on any atom is 0.407 e. The third-order valence-electron chi connectivity index (χ3n) is 0.790. The predicted molar refractivity (Wildman–Crippen MR) is 60.4 cm³/mol. The average molecular weight is 201 g/mol. The molecule has 0 fully saturated rings. The summed E-state index contributed by atoms with van der Waals surface area (Å²) in [4.78, 5) is 10.8. The van der Waals surface area contributed by atoms with Gasteiger partial charge in [0.2, 0.25) is 0 Å². The molecule has 0 aromatic carbocycles. The standard InChI is InChI=1S/C8H15NO2.C3H8/c1-5-6-9-7(10)11-8(2,3)4;1-3-2/h5H,1,6H2,2-4H3,(H,9,10);3H2,1-2H3. The highest BCUT2D eigenvalue weighted by molar-refractivity contribution is 5.67. The minimum Gasteiger partial charge on any atom is -0.444 e. The monoisotopic (exact) mass is 201 g/mol. The van der Waals surface area contributed by atoms with Gasteiger partial charge in [-0.05, 0) is 20.8 Å². The Bertz CT molecular complexity index is 159. The van der Waals surface area contributed by atoms with Crippen LogP contribution in [0.1, 0.15) is 41.0 Å². The number of hydrogen-bond acceptors (Lipinski definition) is 2. The quantitative estimate of drug-likeness (QED) is 0.697. The summed E-state index contributed by atoms with van der Waals surface area (Å²) >= 11 is 0. The number of nitrogens with one attached hydrogen (secondary N) is 1. The van der Waals surface area contributed by atoms with Gasteiger partial charge in [-0.1, -0.05) is 26.3 Å². The van der Waals surface area contributed by atoms with E-state index in [4.69, 9.17) is 4.74 Å². The summed E-state index contributed by atoms with van der Waals surface area (Å²) in [5.74, 6) is 0. The van der Waals surface area contributed by atoms with Gasteiger partial charge in [-0.3, -0.25) is 0 Å². The van der Waals surface area contributed by atoms with Crippen LogP contribution in [0.4, 0.5) is 4.79 Å². The first kappa shape index (κ1) is 15.5. The third-order valence-corrected chi connectivity index (χ3v) is 0.790. The predicted octanol–water partition coefficient (Wildman–Crippen LogP) is 3.11. The number of ether oxygens (including phenoxy) is 1. The van der Waals surface area contributed by atoms with Crippen molar-refractivity contribution in [2.24, 2.45) is 0 Å². The molecule has 1 amide bonds. The van der Waals surface area contributed by atoms with Gasteiger partial charge in [0.15, 0.2) is 0 Å². The zero-order valence-corrected chi connectivity index (χ0v) is 10.0. The Hall–Kier alpha value is -0.990. The van der Waals surface area contributed by atoms with Crippen LogP contribution in [0.15, 0.2) is 12.7 Å². The Labute approximate surface area is 87.5 Å². The molecule has 0 saturated carbocycles. The molecule has 14 heavy (non-hydrogen) atoms. The van der Waals surface area contributed by atoms with Crippen LogP contribution in [0.2, 0.25) is 0 Å². The van der Waals surface area contributed by atoms with Crippen LogP contribution >= 0.6 is 0 Å². The summed E-state index contributed by atoms with van der Waals surface area (Å²) < 4.78 is 4.94. The largest absolute Gasteiger partial charge is 0.444 e. The van der Waals surface area contributed by atoms with Crippen molar-refractivity contribution in [3.8, 4) is 0 Å². The first-order valence-electron chi connectivity index (χ1n) is 4.95. The Morgan fingerprint density at radius 3 is 2.14 bits per heavy atom. The summed E-state index contributed by atoms with van der Waals surface area (Å²) in [6.45, 7) is 13.6. The minimum atomic E-state index is -0.425. The highest BCUT2D eigenvalue weighted by Gasteiger charge is 2.14. The number of carbonyl (C=O) groups is 1. The van der Waals surface area contributed by atoms with E-state index in [9.17, 15) is 4.79 Å². The molecule has 0 heterocycles. The van der Waals surface area contributed by atoms with Crippen molar-refractivity contribution < 1.29 is 9.53 Å². The number of rotatable bonds is 2. The van der Waals surface area contributed by atoms with Crippen molar-refractivity contribution in [3.63, 3.8) is 0 Å². The Kier molecular flexibility index (Phi) is 9.51. The van der Waals surface area contributed by atoms with Crippen LogP contribution in [0.25, 0.3) is 0 Å². The molecule has 84 valence electrons. The highest BCUT2D eigenvalue weighted by atomic mass is 16.6. The fourth-order valence-electron chi connectivity index (χ4n) is 0.470. The van der Waals surface area contributed by atoms with Crippen LogP contribution in [0.5, 0.6) is 0 Å². The molecule has 0 rings (SSSR count). The minimum absolute atomic E-state index is 0.405. The molecule has 0 aliphatic carbocycles. The molecule has 3 nitrogen and oxygen atoms in total.